The van der Waals surface area contributed by atoms with Gasteiger partial charge in [0.25, 0.3) is 11.8 Å². The quantitative estimate of drug-likeness (QED) is 0.591. The first kappa shape index (κ1) is 23.3. The zero-order chi connectivity index (χ0) is 22.0. The third-order valence-electron chi connectivity index (χ3n) is 5.02. The fourth-order valence-corrected chi connectivity index (χ4v) is 3.68. The lowest BCUT2D eigenvalue weighted by atomic mass is 10.1. The van der Waals surface area contributed by atoms with Crippen molar-refractivity contribution in [3.63, 3.8) is 0 Å². The van der Waals surface area contributed by atoms with Crippen LogP contribution >= 0.6 is 24.0 Å². The summed E-state index contributed by atoms with van der Waals surface area (Å²) in [5.74, 6) is -1.86. The van der Waals surface area contributed by atoms with E-state index in [0.29, 0.717) is 30.4 Å². The van der Waals surface area contributed by atoms with Crippen LogP contribution in [0.1, 0.15) is 32.1 Å². The maximum atomic E-state index is 12.9. The highest BCUT2D eigenvalue weighted by atomic mass is 35.5. The Kier molecular flexibility index (Phi) is 7.17. The Balaban J connectivity index is 0.00000289. The van der Waals surface area contributed by atoms with E-state index in [9.17, 15) is 19.5 Å². The lowest BCUT2D eigenvalue weighted by molar-refractivity contribution is 0.0681. The van der Waals surface area contributed by atoms with Gasteiger partial charge < -0.3 is 19.9 Å². The number of rotatable bonds is 5. The number of benzene rings is 1. The first-order chi connectivity index (χ1) is 14.9. The molecule has 0 fully saturated rings. The molecule has 3 aromatic rings. The number of halogens is 2. The van der Waals surface area contributed by atoms with Crippen LogP contribution in [-0.2, 0) is 19.6 Å². The maximum absolute atomic E-state index is 12.9. The van der Waals surface area contributed by atoms with Gasteiger partial charge in [0.15, 0.2) is 11.4 Å². The molecule has 0 saturated carbocycles. The minimum Gasteiger partial charge on any atom is -0.503 e. The van der Waals surface area contributed by atoms with Gasteiger partial charge in [0.05, 0.1) is 12.2 Å². The third-order valence-corrected chi connectivity index (χ3v) is 5.26. The first-order valence-corrected chi connectivity index (χ1v) is 10.00. The molecule has 32 heavy (non-hydrogen) atoms. The molecule has 0 spiro atoms. The number of aromatic nitrogens is 2. The molecule has 2 N–H and O–H groups in total. The van der Waals surface area contributed by atoms with Gasteiger partial charge in [-0.05, 0) is 29.8 Å². The van der Waals surface area contributed by atoms with Crippen LogP contribution in [0.4, 0.5) is 0 Å². The topological polar surface area (TPSA) is 105 Å². The Hall–Kier alpha value is -3.36. The van der Waals surface area contributed by atoms with Crippen LogP contribution in [0, 0.1) is 0 Å². The average Bonchev–Trinajstić information content (AvgIpc) is 2.77. The van der Waals surface area contributed by atoms with Crippen LogP contribution < -0.4 is 10.7 Å². The van der Waals surface area contributed by atoms with Gasteiger partial charge in [0.2, 0.25) is 5.43 Å². The fraction of sp³-hybridized carbons (Fsp3) is 0.182. The highest BCUT2D eigenvalue weighted by molar-refractivity contribution is 6.30. The summed E-state index contributed by atoms with van der Waals surface area (Å²) in [6.45, 7) is 1.11. The van der Waals surface area contributed by atoms with E-state index >= 15 is 0 Å². The summed E-state index contributed by atoms with van der Waals surface area (Å²) in [4.78, 5) is 43.7. The Morgan fingerprint density at radius 3 is 2.69 bits per heavy atom. The van der Waals surface area contributed by atoms with Crippen molar-refractivity contribution >= 4 is 35.8 Å². The lowest BCUT2D eigenvalue weighted by Crippen LogP contribution is -2.42. The molecule has 0 unspecified atom stereocenters. The molecule has 0 bridgehead atoms. The third kappa shape index (κ3) is 4.76. The summed E-state index contributed by atoms with van der Waals surface area (Å²) in [7, 11) is 0. The number of amides is 2. The molecule has 8 nitrogen and oxygen atoms in total. The molecule has 0 atom stereocenters. The molecule has 1 aromatic carbocycles. The number of nitrogens with one attached hydrogen (secondary N) is 1. The molecule has 166 valence electrons. The van der Waals surface area contributed by atoms with Crippen molar-refractivity contribution in [3.05, 3.63) is 92.6 Å². The van der Waals surface area contributed by atoms with Crippen molar-refractivity contribution in [1.82, 2.24) is 19.8 Å². The molecule has 4 rings (SSSR count). The normalized spacial score (nSPS) is 12.7. The number of hydrogen-bond acceptors (Lipinski definition) is 5. The summed E-state index contributed by atoms with van der Waals surface area (Å²) in [6.07, 6.45) is 2.92. The van der Waals surface area contributed by atoms with Gasteiger partial charge >= 0.3 is 0 Å². The molecule has 10 heteroatoms. The number of carbonyl (C=O) groups excluding carboxylic acids is 2. The van der Waals surface area contributed by atoms with Gasteiger partial charge in [-0.25, -0.2) is 0 Å². The molecule has 2 amide bonds. The summed E-state index contributed by atoms with van der Waals surface area (Å²) in [5, 5.41) is 13.6. The number of hydrogen-bond donors (Lipinski definition) is 2. The van der Waals surface area contributed by atoms with Crippen molar-refractivity contribution in [3.8, 4) is 5.75 Å². The van der Waals surface area contributed by atoms with Gasteiger partial charge in [-0.1, -0.05) is 29.8 Å². The van der Waals surface area contributed by atoms with Crippen LogP contribution in [0.5, 0.6) is 5.75 Å². The summed E-state index contributed by atoms with van der Waals surface area (Å²) >= 11 is 6.01. The van der Waals surface area contributed by atoms with E-state index in [1.54, 1.807) is 42.6 Å². The van der Waals surface area contributed by atoms with E-state index in [1.807, 2.05) is 6.07 Å². The fourth-order valence-electron chi connectivity index (χ4n) is 3.47. The SMILES string of the molecule is Cl.O=C(NCc1ccccn1)c1cn2c(c(O)c1=O)C(=O)N(Cc1cccc(Cl)c1)CC2. The second-order valence-corrected chi connectivity index (χ2v) is 7.56. The van der Waals surface area contributed by atoms with Crippen molar-refractivity contribution in [2.24, 2.45) is 0 Å². The van der Waals surface area contributed by atoms with Crippen molar-refractivity contribution < 1.29 is 14.7 Å². The number of nitrogens with zero attached hydrogens (tertiary/aromatic N) is 3. The number of pyridine rings is 2. The number of aromatic hydroxyl groups is 1. The lowest BCUT2D eigenvalue weighted by Gasteiger charge is -2.30. The molecule has 1 aliphatic heterocycles. The van der Waals surface area contributed by atoms with Crippen LogP contribution in [0.15, 0.2) is 59.7 Å². The Bertz CT molecular complexity index is 1210. The molecule has 0 aliphatic carbocycles. The maximum Gasteiger partial charge on any atom is 0.274 e. The van der Waals surface area contributed by atoms with E-state index in [0.717, 1.165) is 5.56 Å². The second-order valence-electron chi connectivity index (χ2n) is 7.12. The number of fused-ring (bicyclic) bond motifs is 1. The predicted octanol–water partition coefficient (Wildman–Crippen LogP) is 2.61. The van der Waals surface area contributed by atoms with Crippen LogP contribution in [-0.4, -0.2) is 37.9 Å². The van der Waals surface area contributed by atoms with Gasteiger partial charge in [-0.3, -0.25) is 19.4 Å². The first-order valence-electron chi connectivity index (χ1n) is 9.62. The van der Waals surface area contributed by atoms with Crippen LogP contribution in [0.3, 0.4) is 0 Å². The highest BCUT2D eigenvalue weighted by Gasteiger charge is 2.30. The van der Waals surface area contributed by atoms with Gasteiger partial charge in [-0.2, -0.15) is 0 Å². The van der Waals surface area contributed by atoms with E-state index in [4.69, 9.17) is 11.6 Å². The van der Waals surface area contributed by atoms with E-state index in [2.05, 4.69) is 10.3 Å². The van der Waals surface area contributed by atoms with Crippen molar-refractivity contribution in [2.75, 3.05) is 6.54 Å². The van der Waals surface area contributed by atoms with Gasteiger partial charge in [-0.15, -0.1) is 12.4 Å². The van der Waals surface area contributed by atoms with E-state index in [1.165, 1.54) is 15.7 Å². The van der Waals surface area contributed by atoms with Crippen LogP contribution in [0.25, 0.3) is 0 Å². The average molecular weight is 475 g/mol. The van der Waals surface area contributed by atoms with Gasteiger partial charge in [0.1, 0.15) is 5.56 Å². The van der Waals surface area contributed by atoms with E-state index in [-0.39, 0.29) is 30.2 Å². The smallest absolute Gasteiger partial charge is 0.274 e. The minimum atomic E-state index is -0.886. The Morgan fingerprint density at radius 1 is 1.16 bits per heavy atom. The molecule has 3 heterocycles. The molecule has 0 saturated heterocycles. The monoisotopic (exact) mass is 474 g/mol. The zero-order valence-electron chi connectivity index (χ0n) is 16.8. The summed E-state index contributed by atoms with van der Waals surface area (Å²) < 4.78 is 1.45. The molecular weight excluding hydrogens is 455 g/mol. The predicted molar refractivity (Wildman–Crippen MR) is 121 cm³/mol. The standard InChI is InChI=1S/C22H19ClN4O4.ClH/c23-15-5-3-4-14(10-15)12-27-9-8-26-13-17(19(28)20(29)18(26)22(27)31)21(30)25-11-16-6-1-2-7-24-16;/h1-7,10,13,29H,8-9,11-12H2,(H,25,30);1H. The minimum absolute atomic E-state index is 0. The van der Waals surface area contributed by atoms with E-state index < -0.39 is 23.0 Å². The number of carbonyl (C=O) groups is 2. The Labute approximate surface area is 194 Å². The summed E-state index contributed by atoms with van der Waals surface area (Å²) in [6, 6.07) is 12.4. The zero-order valence-corrected chi connectivity index (χ0v) is 18.4. The summed E-state index contributed by atoms with van der Waals surface area (Å²) in [5.41, 5.74) is 0.224. The molecule has 0 radical (unpaired) electrons. The largest absolute Gasteiger partial charge is 0.503 e. The molecule has 2 aromatic heterocycles. The second kappa shape index (κ2) is 9.84. The Morgan fingerprint density at radius 2 is 1.97 bits per heavy atom. The van der Waals surface area contributed by atoms with Gasteiger partial charge in [0, 0.05) is 37.1 Å². The van der Waals surface area contributed by atoms with Crippen molar-refractivity contribution in [2.45, 2.75) is 19.6 Å². The van der Waals surface area contributed by atoms with Crippen LogP contribution in [0.2, 0.25) is 5.02 Å². The van der Waals surface area contributed by atoms with Crippen molar-refractivity contribution in [1.29, 1.82) is 0 Å². The molecular formula is C22H20Cl2N4O4. The molecule has 1 aliphatic rings. The highest BCUT2D eigenvalue weighted by Crippen LogP contribution is 2.22.